The van der Waals surface area contributed by atoms with Crippen LogP contribution in [0.5, 0.6) is 0 Å². The summed E-state index contributed by atoms with van der Waals surface area (Å²) < 4.78 is 2.37. The van der Waals surface area contributed by atoms with Crippen LogP contribution in [-0.4, -0.2) is 57.8 Å². The van der Waals surface area contributed by atoms with Crippen LogP contribution >= 0.6 is 0 Å². The summed E-state index contributed by atoms with van der Waals surface area (Å²) in [5.41, 5.74) is 2.97. The number of quaternary nitrogens is 2. The first-order valence-electron chi connectivity index (χ1n) is 33.0. The van der Waals surface area contributed by atoms with Crippen LogP contribution in [0.1, 0.15) is 137 Å². The van der Waals surface area contributed by atoms with E-state index in [0.717, 1.165) is 22.2 Å². The molecule has 0 aromatic rings. The maximum absolute atomic E-state index is 2.63. The van der Waals surface area contributed by atoms with E-state index in [2.05, 4.69) is 570 Å². The molecule has 2 heteroatoms. The molecular formula is C107H70N2+2. The number of nitrogens with zero attached hydrogens (tertiary/aromatic N) is 2. The van der Waals surface area contributed by atoms with Gasteiger partial charge in [0.05, 0.1) is 38.5 Å². The van der Waals surface area contributed by atoms with Gasteiger partial charge in [0, 0.05) is 337 Å². The quantitative estimate of drug-likeness (QED) is 0.191. The molecule has 0 saturated carbocycles. The van der Waals surface area contributed by atoms with Gasteiger partial charge in [-0.15, -0.1) is 0 Å². The smallest absolute Gasteiger partial charge is 0.104 e. The molecule has 109 heavy (non-hydrogen) atoms. The summed E-state index contributed by atoms with van der Waals surface area (Å²) in [5.74, 6) is 188. The van der Waals surface area contributed by atoms with Crippen LogP contribution in [0.15, 0.2) is 0 Å². The van der Waals surface area contributed by atoms with Crippen LogP contribution in [0.3, 0.4) is 0 Å². The van der Waals surface area contributed by atoms with Crippen molar-refractivity contribution in [1.29, 1.82) is 0 Å². The Balaban J connectivity index is 0.00000144. The number of hydrogen-bond donors (Lipinski definition) is 0. The Hall–Kier alpha value is -16.4. The van der Waals surface area contributed by atoms with Gasteiger partial charge in [-0.3, -0.25) is 0 Å². The Morgan fingerprint density at radius 3 is 0.422 bits per heavy atom. The van der Waals surface area contributed by atoms with Crippen LogP contribution in [0.2, 0.25) is 0 Å². The molecule has 0 spiro atoms. The average Bonchev–Trinajstić information content (AvgIpc) is 1.46. The third kappa shape index (κ3) is 34.7. The highest BCUT2D eigenvalue weighted by Gasteiger charge is 2.86. The third-order valence-corrected chi connectivity index (χ3v) is 17.2. The predicted molar refractivity (Wildman–Crippen MR) is 446 cm³/mol. The zero-order valence-electron chi connectivity index (χ0n) is 65.5. The van der Waals surface area contributed by atoms with Gasteiger partial charge in [0.15, 0.2) is 0 Å². The standard InChI is InChI=1S/C76H6.C17H34N.C14H30N/c1-3-5-7-9-11-13-15-17-19-21-23-25-27-29-31-33-35-37-39-41-43-45-47-49-51-53-55-57-59-61-63-65-67-69-71-73-75-76-74-72-70-68-66-64-62-60-58-56-54-52-50-48-46-44-42-40-38-36-34-32-30-28-26-24-22-20-18-16-14-12-10-8-6-4-2;1-14(2,3)11-12-13-16(6,7)18(10,15(12,4)5)17(13,8)9;1-12(2,3)10-11-13(4,5)15(8,9)14(11,6)7/h1-2H3;12-13H,11H2,1-10H3;11H,10H2,1-9H3/q;2*+1. The van der Waals surface area contributed by atoms with Crippen molar-refractivity contribution in [3.8, 4) is 438 Å². The molecule has 0 N–H and O–H groups in total. The first-order valence-corrected chi connectivity index (χ1v) is 33.0. The highest BCUT2D eigenvalue weighted by molar-refractivity contribution is 5.54. The molecule has 506 valence electrons. The molecule has 4 rings (SSSR count). The molecule has 2 bridgehead atoms. The lowest BCUT2D eigenvalue weighted by Gasteiger charge is -2.71. The predicted octanol–water partition coefficient (Wildman–Crippen LogP) is 9.30. The monoisotopic (exact) mass is 1380 g/mol. The van der Waals surface area contributed by atoms with Crippen LogP contribution in [0, 0.1) is 467 Å². The molecule has 1 atom stereocenters. The summed E-state index contributed by atoms with van der Waals surface area (Å²) >= 11 is 0. The van der Waals surface area contributed by atoms with Gasteiger partial charge in [-0.05, 0) is 201 Å². The van der Waals surface area contributed by atoms with Gasteiger partial charge in [-0.1, -0.05) is 53.4 Å². The third-order valence-electron chi connectivity index (χ3n) is 17.2. The largest absolute Gasteiger partial charge is 0.319 e. The lowest BCUT2D eigenvalue weighted by atomic mass is 9.56. The van der Waals surface area contributed by atoms with Crippen molar-refractivity contribution in [3.63, 3.8) is 0 Å². The van der Waals surface area contributed by atoms with E-state index < -0.39 is 0 Å². The molecule has 1 unspecified atom stereocenters. The van der Waals surface area contributed by atoms with Crippen molar-refractivity contribution < 1.29 is 8.97 Å². The zero-order valence-corrected chi connectivity index (χ0v) is 65.5. The Labute approximate surface area is 657 Å². The molecule has 0 aliphatic carbocycles. The Morgan fingerprint density at radius 2 is 0.321 bits per heavy atom. The molecule has 0 amide bonds. The second-order valence-electron chi connectivity index (χ2n) is 27.4. The molecule has 4 heterocycles. The number of fused-ring (bicyclic) bond motifs is 1. The van der Waals surface area contributed by atoms with Crippen molar-refractivity contribution in [3.05, 3.63) is 0 Å². The van der Waals surface area contributed by atoms with Gasteiger partial charge in [0.1, 0.15) is 22.2 Å². The van der Waals surface area contributed by atoms with Gasteiger partial charge in [-0.2, -0.15) is 0 Å². The minimum atomic E-state index is 0.394. The van der Waals surface area contributed by atoms with Gasteiger partial charge < -0.3 is 8.97 Å². The van der Waals surface area contributed by atoms with Crippen LogP contribution in [0.4, 0.5) is 0 Å². The lowest BCUT2D eigenvalue weighted by molar-refractivity contribution is -1.06. The van der Waals surface area contributed by atoms with Crippen molar-refractivity contribution in [2.75, 3.05) is 21.1 Å². The van der Waals surface area contributed by atoms with Gasteiger partial charge in [0.25, 0.3) is 0 Å². The minimum Gasteiger partial charge on any atom is -0.319 e. The van der Waals surface area contributed by atoms with E-state index in [4.69, 9.17) is 0 Å². The van der Waals surface area contributed by atoms with Crippen LogP contribution in [0.25, 0.3) is 0 Å². The first kappa shape index (κ1) is 90.7. The number of rotatable bonds is 2. The second kappa shape index (κ2) is 50.1. The fourth-order valence-electron chi connectivity index (χ4n) is 12.1. The van der Waals surface area contributed by atoms with Crippen molar-refractivity contribution in [2.45, 2.75) is 165 Å². The molecule has 2 nitrogen and oxygen atoms in total. The molecule has 4 saturated heterocycles. The van der Waals surface area contributed by atoms with Crippen molar-refractivity contribution in [2.24, 2.45) is 28.6 Å². The van der Waals surface area contributed by atoms with E-state index in [1.807, 2.05) is 0 Å². The highest BCUT2D eigenvalue weighted by atomic mass is 15.6. The van der Waals surface area contributed by atoms with Gasteiger partial charge in [0.2, 0.25) is 0 Å². The summed E-state index contributed by atoms with van der Waals surface area (Å²) in [6.07, 6.45) is 2.68. The fourth-order valence-corrected chi connectivity index (χ4v) is 12.1. The number of hydrogen-bond acceptors (Lipinski definition) is 0. The Bertz CT molecular complexity index is 5950. The summed E-state index contributed by atoms with van der Waals surface area (Å²) in [6.45, 7) is 42.3. The van der Waals surface area contributed by atoms with Crippen LogP contribution in [-0.2, 0) is 0 Å². The molecule has 0 radical (unpaired) electrons. The molecule has 4 fully saturated rings. The molecule has 0 aromatic carbocycles. The number of likely N-dealkylation sites (tertiary alicyclic amines) is 1. The normalized spacial score (nSPS) is 13.9. The maximum Gasteiger partial charge on any atom is 0.104 e. The first-order chi connectivity index (χ1) is 52.0. The summed E-state index contributed by atoms with van der Waals surface area (Å²) in [7, 11) is 7.25. The van der Waals surface area contributed by atoms with E-state index >= 15 is 0 Å². The summed E-state index contributed by atoms with van der Waals surface area (Å²) in [6, 6.07) is 0. The summed E-state index contributed by atoms with van der Waals surface area (Å²) in [5, 5.41) is 0. The van der Waals surface area contributed by atoms with E-state index in [-0.39, 0.29) is 0 Å². The molecule has 4 aliphatic rings. The second-order valence-corrected chi connectivity index (χ2v) is 27.4. The fraction of sp³-hybridized carbons (Fsp3) is 0.308. The van der Waals surface area contributed by atoms with Crippen molar-refractivity contribution >= 4 is 0 Å². The van der Waals surface area contributed by atoms with Crippen molar-refractivity contribution in [1.82, 2.24) is 0 Å². The van der Waals surface area contributed by atoms with E-state index in [9.17, 15) is 0 Å². The highest BCUT2D eigenvalue weighted by Crippen LogP contribution is 2.73. The average molecular weight is 1380 g/mol. The van der Waals surface area contributed by atoms with E-state index in [1.165, 1.54) is 17.3 Å². The zero-order chi connectivity index (χ0) is 81.0. The minimum absolute atomic E-state index is 0.394. The summed E-state index contributed by atoms with van der Waals surface area (Å²) in [4.78, 5) is 0. The van der Waals surface area contributed by atoms with E-state index in [0.29, 0.717) is 38.5 Å². The Morgan fingerprint density at radius 1 is 0.193 bits per heavy atom. The lowest BCUT2D eigenvalue weighted by Crippen LogP contribution is -2.84. The Kier molecular flexibility index (Phi) is 41.6. The van der Waals surface area contributed by atoms with Crippen LogP contribution < -0.4 is 0 Å². The van der Waals surface area contributed by atoms with Gasteiger partial charge >= 0.3 is 0 Å². The maximum atomic E-state index is 2.63. The molecule has 0 aromatic heterocycles. The van der Waals surface area contributed by atoms with Gasteiger partial charge in [-0.25, -0.2) is 0 Å². The topological polar surface area (TPSA) is 0 Å². The van der Waals surface area contributed by atoms with E-state index in [1.54, 1.807) is 13.8 Å². The SMILES string of the molecule is CC#CC#CC#CC#CC#CC#CC#CC#CC#CC#CC#CC#CC#CC#CC#CC#CC#CC#CC#CC#CC#CC#CC#CC#CC#CC#CC#CC#CC#CC#CC#CC#CC#CC#CC#CC#CC#CC.CC(C)(C)CC1C(C)(C)[N+](C)(C)C1(C)C.CC(C)(C)CC1C2C(C)(C)[N+](C)(C1(C)C)C2(C)C. The molecule has 4 aliphatic heterocycles. The molecular weight excluding hydrogens is 1310 g/mol.